The molecular formula is C13H19N5O. The number of rotatable bonds is 6. The fourth-order valence-electron chi connectivity index (χ4n) is 2.03. The quantitative estimate of drug-likeness (QED) is 0.850. The van der Waals surface area contributed by atoms with Crippen molar-refractivity contribution < 1.29 is 4.52 Å². The molecule has 6 nitrogen and oxygen atoms in total. The average molecular weight is 261 g/mol. The van der Waals surface area contributed by atoms with Gasteiger partial charge in [0.05, 0.1) is 6.20 Å². The molecule has 1 unspecified atom stereocenters. The van der Waals surface area contributed by atoms with Crippen LogP contribution in [0.2, 0.25) is 0 Å². The molecule has 0 aliphatic rings. The van der Waals surface area contributed by atoms with Crippen LogP contribution in [0.1, 0.15) is 26.2 Å². The van der Waals surface area contributed by atoms with Crippen LogP contribution >= 0.6 is 0 Å². The molecule has 0 aliphatic carbocycles. The molecule has 0 saturated carbocycles. The number of hydrogen-bond donors (Lipinski definition) is 1. The van der Waals surface area contributed by atoms with E-state index in [4.69, 9.17) is 10.3 Å². The SMILES string of the molecule is CC(C)CC(CN)Cc1nc(-c2cnccn2)no1. The van der Waals surface area contributed by atoms with E-state index < -0.39 is 0 Å². The smallest absolute Gasteiger partial charge is 0.227 e. The van der Waals surface area contributed by atoms with Crippen LogP contribution in [0.15, 0.2) is 23.1 Å². The zero-order valence-electron chi connectivity index (χ0n) is 11.3. The third-order valence-electron chi connectivity index (χ3n) is 2.86. The van der Waals surface area contributed by atoms with Gasteiger partial charge in [0.2, 0.25) is 11.7 Å². The Labute approximate surface area is 112 Å². The molecule has 0 radical (unpaired) electrons. The maximum absolute atomic E-state index is 5.77. The lowest BCUT2D eigenvalue weighted by atomic mass is 9.94. The zero-order valence-corrected chi connectivity index (χ0v) is 11.3. The summed E-state index contributed by atoms with van der Waals surface area (Å²) in [6.07, 6.45) is 6.59. The van der Waals surface area contributed by atoms with Crippen molar-refractivity contribution in [2.75, 3.05) is 6.54 Å². The van der Waals surface area contributed by atoms with Crippen molar-refractivity contribution in [3.8, 4) is 11.5 Å². The Balaban J connectivity index is 2.05. The van der Waals surface area contributed by atoms with Gasteiger partial charge in [-0.05, 0) is 24.8 Å². The van der Waals surface area contributed by atoms with E-state index >= 15 is 0 Å². The minimum absolute atomic E-state index is 0.371. The van der Waals surface area contributed by atoms with E-state index in [1.165, 1.54) is 0 Å². The van der Waals surface area contributed by atoms with Crippen molar-refractivity contribution in [3.63, 3.8) is 0 Å². The molecule has 0 aromatic carbocycles. The van der Waals surface area contributed by atoms with Gasteiger partial charge in [0.25, 0.3) is 0 Å². The van der Waals surface area contributed by atoms with Gasteiger partial charge in [-0.15, -0.1) is 0 Å². The van der Waals surface area contributed by atoms with Crippen LogP contribution in [0.3, 0.4) is 0 Å². The highest BCUT2D eigenvalue weighted by Gasteiger charge is 2.16. The van der Waals surface area contributed by atoms with E-state index in [2.05, 4.69) is 34.0 Å². The van der Waals surface area contributed by atoms with Gasteiger partial charge < -0.3 is 10.3 Å². The van der Waals surface area contributed by atoms with Gasteiger partial charge in [-0.2, -0.15) is 4.98 Å². The fourth-order valence-corrected chi connectivity index (χ4v) is 2.03. The average Bonchev–Trinajstić information content (AvgIpc) is 2.87. The Morgan fingerprint density at radius 2 is 2.16 bits per heavy atom. The van der Waals surface area contributed by atoms with E-state index in [1.54, 1.807) is 18.6 Å². The number of hydrogen-bond acceptors (Lipinski definition) is 6. The minimum Gasteiger partial charge on any atom is -0.339 e. The molecule has 0 saturated heterocycles. The summed E-state index contributed by atoms with van der Waals surface area (Å²) in [4.78, 5) is 12.5. The number of aromatic nitrogens is 4. The van der Waals surface area contributed by atoms with Gasteiger partial charge >= 0.3 is 0 Å². The van der Waals surface area contributed by atoms with E-state index in [9.17, 15) is 0 Å². The molecule has 2 N–H and O–H groups in total. The lowest BCUT2D eigenvalue weighted by Gasteiger charge is -2.14. The monoisotopic (exact) mass is 261 g/mol. The predicted molar refractivity (Wildman–Crippen MR) is 71.0 cm³/mol. The van der Waals surface area contributed by atoms with Crippen LogP contribution in [0, 0.1) is 11.8 Å². The maximum atomic E-state index is 5.77. The number of nitrogens with zero attached hydrogens (tertiary/aromatic N) is 4. The molecule has 0 bridgehead atoms. The Kier molecular flexibility index (Phi) is 4.57. The van der Waals surface area contributed by atoms with Crippen LogP contribution in [0.4, 0.5) is 0 Å². The van der Waals surface area contributed by atoms with E-state index in [-0.39, 0.29) is 0 Å². The third-order valence-corrected chi connectivity index (χ3v) is 2.86. The van der Waals surface area contributed by atoms with Crippen molar-refractivity contribution >= 4 is 0 Å². The minimum atomic E-state index is 0.371. The normalized spacial score (nSPS) is 12.8. The van der Waals surface area contributed by atoms with Crippen LogP contribution < -0.4 is 5.73 Å². The van der Waals surface area contributed by atoms with Crippen LogP contribution in [-0.4, -0.2) is 26.7 Å². The topological polar surface area (TPSA) is 90.7 Å². The molecule has 0 amide bonds. The first-order valence-corrected chi connectivity index (χ1v) is 6.48. The summed E-state index contributed by atoms with van der Waals surface area (Å²) in [6.45, 7) is 4.99. The summed E-state index contributed by atoms with van der Waals surface area (Å²) in [6, 6.07) is 0. The molecule has 2 aromatic heterocycles. The molecule has 2 aromatic rings. The molecule has 2 rings (SSSR count). The van der Waals surface area contributed by atoms with Crippen LogP contribution in [0.25, 0.3) is 11.5 Å². The largest absolute Gasteiger partial charge is 0.339 e. The third kappa shape index (κ3) is 3.82. The van der Waals surface area contributed by atoms with Gasteiger partial charge in [-0.1, -0.05) is 19.0 Å². The van der Waals surface area contributed by atoms with Crippen molar-refractivity contribution in [1.29, 1.82) is 0 Å². The van der Waals surface area contributed by atoms with Crippen LogP contribution in [-0.2, 0) is 6.42 Å². The highest BCUT2D eigenvalue weighted by Crippen LogP contribution is 2.17. The first-order valence-electron chi connectivity index (χ1n) is 6.48. The van der Waals surface area contributed by atoms with Crippen molar-refractivity contribution in [2.45, 2.75) is 26.7 Å². The van der Waals surface area contributed by atoms with Gasteiger partial charge in [-0.3, -0.25) is 4.98 Å². The van der Waals surface area contributed by atoms with Gasteiger partial charge in [0.1, 0.15) is 5.69 Å². The van der Waals surface area contributed by atoms with Crippen molar-refractivity contribution in [1.82, 2.24) is 20.1 Å². The highest BCUT2D eigenvalue weighted by atomic mass is 16.5. The second kappa shape index (κ2) is 6.38. The van der Waals surface area contributed by atoms with Crippen LogP contribution in [0.5, 0.6) is 0 Å². The Bertz CT molecular complexity index is 497. The lowest BCUT2D eigenvalue weighted by Crippen LogP contribution is -2.19. The Hall–Kier alpha value is -1.82. The lowest BCUT2D eigenvalue weighted by molar-refractivity contribution is 0.332. The molecule has 2 heterocycles. The molecule has 102 valence electrons. The van der Waals surface area contributed by atoms with E-state index in [0.717, 1.165) is 6.42 Å². The molecule has 1 atom stereocenters. The molecule has 6 heteroatoms. The summed E-state index contributed by atoms with van der Waals surface area (Å²) in [7, 11) is 0. The summed E-state index contributed by atoms with van der Waals surface area (Å²) in [5.41, 5.74) is 6.39. The first-order chi connectivity index (χ1) is 9.19. The molecule has 0 fully saturated rings. The summed E-state index contributed by atoms with van der Waals surface area (Å²) in [5.74, 6) is 2.06. The van der Waals surface area contributed by atoms with Gasteiger partial charge in [0.15, 0.2) is 0 Å². The van der Waals surface area contributed by atoms with Gasteiger partial charge in [-0.25, -0.2) is 4.98 Å². The first kappa shape index (κ1) is 13.6. The highest BCUT2D eigenvalue weighted by molar-refractivity contribution is 5.45. The van der Waals surface area contributed by atoms with E-state index in [0.29, 0.717) is 42.2 Å². The Morgan fingerprint density at radius 3 is 2.79 bits per heavy atom. The second-order valence-corrected chi connectivity index (χ2v) is 5.04. The molecule has 0 spiro atoms. The standard InChI is InChI=1S/C13H19N5O/c1-9(2)5-10(7-14)6-12-17-13(18-19-12)11-8-15-3-4-16-11/h3-4,8-10H,5-7,14H2,1-2H3. The second-order valence-electron chi connectivity index (χ2n) is 5.04. The molecule has 0 aliphatic heterocycles. The number of nitrogens with two attached hydrogens (primary N) is 1. The van der Waals surface area contributed by atoms with E-state index in [1.807, 2.05) is 0 Å². The maximum Gasteiger partial charge on any atom is 0.227 e. The van der Waals surface area contributed by atoms with Crippen molar-refractivity contribution in [2.24, 2.45) is 17.6 Å². The Morgan fingerprint density at radius 1 is 1.32 bits per heavy atom. The molecular weight excluding hydrogens is 242 g/mol. The van der Waals surface area contributed by atoms with Crippen molar-refractivity contribution in [3.05, 3.63) is 24.5 Å². The summed E-state index contributed by atoms with van der Waals surface area (Å²) < 4.78 is 5.25. The summed E-state index contributed by atoms with van der Waals surface area (Å²) in [5, 5.41) is 3.92. The zero-order chi connectivity index (χ0) is 13.7. The fraction of sp³-hybridized carbons (Fsp3) is 0.538. The summed E-state index contributed by atoms with van der Waals surface area (Å²) >= 11 is 0. The van der Waals surface area contributed by atoms with Gasteiger partial charge in [0, 0.05) is 18.8 Å². The predicted octanol–water partition coefficient (Wildman–Crippen LogP) is 1.69. The molecule has 19 heavy (non-hydrogen) atoms.